The van der Waals surface area contributed by atoms with Crippen molar-refractivity contribution in [2.45, 2.75) is 13.0 Å². The lowest BCUT2D eigenvalue weighted by Crippen LogP contribution is -2.42. The minimum atomic E-state index is -0.403. The standard InChI is InChI=1S/C13H18ClN3O3/c1-10(9-16-4-6-20-7-5-16)15-12-8-11(14)2-3-13(12)17(18)19/h2-3,8,10,15H,4-7,9H2,1H3. The van der Waals surface area contributed by atoms with Gasteiger partial charge in [0, 0.05) is 36.8 Å². The molecule has 1 aromatic carbocycles. The lowest BCUT2D eigenvalue weighted by Gasteiger charge is -2.29. The Balaban J connectivity index is 2.00. The first-order valence-corrected chi connectivity index (χ1v) is 6.94. The molecule has 1 N–H and O–H groups in total. The van der Waals surface area contributed by atoms with E-state index >= 15 is 0 Å². The van der Waals surface area contributed by atoms with E-state index in [-0.39, 0.29) is 11.7 Å². The quantitative estimate of drug-likeness (QED) is 0.668. The van der Waals surface area contributed by atoms with Gasteiger partial charge in [0.15, 0.2) is 0 Å². The third-order valence-electron chi connectivity index (χ3n) is 3.19. The SMILES string of the molecule is CC(CN1CCOCC1)Nc1cc(Cl)ccc1[N+](=O)[O-]. The first kappa shape index (κ1) is 15.0. The molecule has 1 atom stereocenters. The minimum Gasteiger partial charge on any atom is -0.379 e. The van der Waals surface area contributed by atoms with Crippen LogP contribution < -0.4 is 5.32 Å². The van der Waals surface area contributed by atoms with Crippen LogP contribution in [0.5, 0.6) is 0 Å². The van der Waals surface area contributed by atoms with E-state index in [0.717, 1.165) is 32.8 Å². The number of anilines is 1. The van der Waals surface area contributed by atoms with Crippen LogP contribution in [0.15, 0.2) is 18.2 Å². The Morgan fingerprint density at radius 2 is 2.20 bits per heavy atom. The van der Waals surface area contributed by atoms with Gasteiger partial charge in [-0.05, 0) is 19.1 Å². The van der Waals surface area contributed by atoms with Gasteiger partial charge >= 0.3 is 0 Å². The predicted octanol–water partition coefficient (Wildman–Crippen LogP) is 2.38. The maximum atomic E-state index is 11.0. The average molecular weight is 300 g/mol. The van der Waals surface area contributed by atoms with Crippen molar-refractivity contribution < 1.29 is 9.66 Å². The lowest BCUT2D eigenvalue weighted by atomic mass is 10.2. The van der Waals surface area contributed by atoms with E-state index in [9.17, 15) is 10.1 Å². The van der Waals surface area contributed by atoms with Crippen LogP contribution in [0.4, 0.5) is 11.4 Å². The molecule has 1 aromatic rings. The van der Waals surface area contributed by atoms with Gasteiger partial charge in [0.25, 0.3) is 5.69 Å². The van der Waals surface area contributed by atoms with Crippen molar-refractivity contribution in [1.29, 1.82) is 0 Å². The number of ether oxygens (including phenoxy) is 1. The number of hydrogen-bond donors (Lipinski definition) is 1. The van der Waals surface area contributed by atoms with Gasteiger partial charge in [-0.1, -0.05) is 11.6 Å². The number of rotatable bonds is 5. The van der Waals surface area contributed by atoms with Crippen molar-refractivity contribution in [3.8, 4) is 0 Å². The predicted molar refractivity (Wildman–Crippen MR) is 78.5 cm³/mol. The van der Waals surface area contributed by atoms with Crippen LogP contribution in [0, 0.1) is 10.1 Å². The molecule has 0 amide bonds. The second kappa shape index (κ2) is 6.88. The Hall–Kier alpha value is -1.37. The number of benzene rings is 1. The van der Waals surface area contributed by atoms with E-state index in [1.165, 1.54) is 12.1 Å². The minimum absolute atomic E-state index is 0.0447. The van der Waals surface area contributed by atoms with Crippen molar-refractivity contribution in [2.24, 2.45) is 0 Å². The fraction of sp³-hybridized carbons (Fsp3) is 0.538. The van der Waals surface area contributed by atoms with E-state index < -0.39 is 4.92 Å². The third kappa shape index (κ3) is 4.06. The first-order chi connectivity index (χ1) is 9.56. The van der Waals surface area contributed by atoms with Gasteiger partial charge in [-0.15, -0.1) is 0 Å². The van der Waals surface area contributed by atoms with Gasteiger partial charge in [0.1, 0.15) is 5.69 Å². The summed E-state index contributed by atoms with van der Waals surface area (Å²) in [6, 6.07) is 4.63. The van der Waals surface area contributed by atoms with E-state index in [1.54, 1.807) is 6.07 Å². The summed E-state index contributed by atoms with van der Waals surface area (Å²) in [6.45, 7) is 6.08. The molecule has 6 nitrogen and oxygen atoms in total. The summed E-state index contributed by atoms with van der Waals surface area (Å²) < 4.78 is 5.30. The number of nitrogens with one attached hydrogen (secondary N) is 1. The zero-order valence-corrected chi connectivity index (χ0v) is 12.1. The number of nitro benzene ring substituents is 1. The highest BCUT2D eigenvalue weighted by Gasteiger charge is 2.18. The zero-order valence-electron chi connectivity index (χ0n) is 11.3. The Labute approximate surface area is 122 Å². The summed E-state index contributed by atoms with van der Waals surface area (Å²) >= 11 is 5.91. The smallest absolute Gasteiger partial charge is 0.292 e. The molecule has 1 unspecified atom stereocenters. The Morgan fingerprint density at radius 3 is 2.85 bits per heavy atom. The van der Waals surface area contributed by atoms with Crippen LogP contribution in [0.1, 0.15) is 6.92 Å². The average Bonchev–Trinajstić information content (AvgIpc) is 2.39. The summed E-state index contributed by atoms with van der Waals surface area (Å²) in [5.41, 5.74) is 0.506. The molecule has 1 saturated heterocycles. The molecular weight excluding hydrogens is 282 g/mol. The molecular formula is C13H18ClN3O3. The molecule has 0 aliphatic carbocycles. The summed E-state index contributed by atoms with van der Waals surface area (Å²) in [5, 5.41) is 14.7. The van der Waals surface area contributed by atoms with Crippen LogP contribution in [-0.2, 0) is 4.74 Å². The number of nitro groups is 1. The fourth-order valence-corrected chi connectivity index (χ4v) is 2.44. The van der Waals surface area contributed by atoms with Gasteiger partial charge in [-0.25, -0.2) is 0 Å². The van der Waals surface area contributed by atoms with Gasteiger partial charge in [0.05, 0.1) is 18.1 Å². The van der Waals surface area contributed by atoms with E-state index in [2.05, 4.69) is 10.2 Å². The van der Waals surface area contributed by atoms with E-state index in [4.69, 9.17) is 16.3 Å². The van der Waals surface area contributed by atoms with Gasteiger partial charge in [-0.3, -0.25) is 15.0 Å². The maximum Gasteiger partial charge on any atom is 0.292 e. The van der Waals surface area contributed by atoms with Crippen molar-refractivity contribution in [3.05, 3.63) is 33.3 Å². The fourth-order valence-electron chi connectivity index (χ4n) is 2.27. The number of nitrogens with zero attached hydrogens (tertiary/aromatic N) is 2. The molecule has 1 heterocycles. The highest BCUT2D eigenvalue weighted by molar-refractivity contribution is 6.31. The molecule has 20 heavy (non-hydrogen) atoms. The Morgan fingerprint density at radius 1 is 1.50 bits per heavy atom. The normalized spacial score (nSPS) is 17.7. The Bertz CT molecular complexity index is 478. The Kier molecular flexibility index (Phi) is 5.17. The second-order valence-corrected chi connectivity index (χ2v) is 5.31. The molecule has 0 spiro atoms. The zero-order chi connectivity index (χ0) is 14.5. The first-order valence-electron chi connectivity index (χ1n) is 6.57. The summed E-state index contributed by atoms with van der Waals surface area (Å²) in [5.74, 6) is 0. The van der Waals surface area contributed by atoms with Crippen molar-refractivity contribution in [2.75, 3.05) is 38.2 Å². The molecule has 0 aromatic heterocycles. The highest BCUT2D eigenvalue weighted by Crippen LogP contribution is 2.28. The van der Waals surface area contributed by atoms with Crippen molar-refractivity contribution in [1.82, 2.24) is 4.90 Å². The highest BCUT2D eigenvalue weighted by atomic mass is 35.5. The lowest BCUT2D eigenvalue weighted by molar-refractivity contribution is -0.384. The second-order valence-electron chi connectivity index (χ2n) is 4.88. The molecule has 110 valence electrons. The van der Waals surface area contributed by atoms with Gasteiger partial charge < -0.3 is 10.1 Å². The molecule has 1 aliphatic heterocycles. The van der Waals surface area contributed by atoms with Crippen LogP contribution in [0.2, 0.25) is 5.02 Å². The van der Waals surface area contributed by atoms with E-state index in [0.29, 0.717) is 10.7 Å². The molecule has 0 saturated carbocycles. The molecule has 1 fully saturated rings. The van der Waals surface area contributed by atoms with Gasteiger partial charge in [-0.2, -0.15) is 0 Å². The van der Waals surface area contributed by atoms with Crippen molar-refractivity contribution in [3.63, 3.8) is 0 Å². The largest absolute Gasteiger partial charge is 0.379 e. The summed E-state index contributed by atoms with van der Waals surface area (Å²) in [4.78, 5) is 12.9. The third-order valence-corrected chi connectivity index (χ3v) is 3.43. The topological polar surface area (TPSA) is 67.6 Å². The van der Waals surface area contributed by atoms with Crippen LogP contribution in [0.3, 0.4) is 0 Å². The monoisotopic (exact) mass is 299 g/mol. The van der Waals surface area contributed by atoms with Crippen LogP contribution in [-0.4, -0.2) is 48.7 Å². The van der Waals surface area contributed by atoms with E-state index in [1.807, 2.05) is 6.92 Å². The molecule has 7 heteroatoms. The molecule has 1 aliphatic rings. The van der Waals surface area contributed by atoms with Crippen LogP contribution >= 0.6 is 11.6 Å². The number of hydrogen-bond acceptors (Lipinski definition) is 5. The molecule has 2 rings (SSSR count). The van der Waals surface area contributed by atoms with Crippen molar-refractivity contribution >= 4 is 23.0 Å². The number of morpholine rings is 1. The summed E-state index contributed by atoms with van der Waals surface area (Å²) in [6.07, 6.45) is 0. The summed E-state index contributed by atoms with van der Waals surface area (Å²) in [7, 11) is 0. The number of halogens is 1. The maximum absolute atomic E-state index is 11.0. The van der Waals surface area contributed by atoms with Crippen LogP contribution in [0.25, 0.3) is 0 Å². The molecule has 0 radical (unpaired) electrons. The van der Waals surface area contributed by atoms with Gasteiger partial charge in [0.2, 0.25) is 0 Å². The molecule has 0 bridgehead atoms.